The van der Waals surface area contributed by atoms with Gasteiger partial charge in [-0.05, 0) is 67.7 Å². The molecule has 2 aromatic carbocycles. The maximum atomic E-state index is 12.3. The van der Waals surface area contributed by atoms with Crippen LogP contribution in [0.5, 0.6) is 0 Å². The number of anilines is 1. The van der Waals surface area contributed by atoms with Crippen LogP contribution in [0, 0.1) is 0 Å². The molecule has 2 amide bonds. The molecule has 3 aromatic rings. The number of fused-ring (bicyclic) bond motifs is 1. The predicted octanol–water partition coefficient (Wildman–Crippen LogP) is 4.37. The topological polar surface area (TPSA) is 86.9 Å². The number of hydrogen-bond acceptors (Lipinski definition) is 3. The highest BCUT2D eigenvalue weighted by Crippen LogP contribution is 2.35. The fourth-order valence-corrected chi connectivity index (χ4v) is 3.58. The highest BCUT2D eigenvalue weighted by molar-refractivity contribution is 6.03. The van der Waals surface area contributed by atoms with Gasteiger partial charge in [0.1, 0.15) is 5.82 Å². The van der Waals surface area contributed by atoms with E-state index in [0.29, 0.717) is 17.5 Å². The zero-order valence-corrected chi connectivity index (χ0v) is 16.7. The van der Waals surface area contributed by atoms with Gasteiger partial charge in [-0.15, -0.1) is 0 Å². The quantitative estimate of drug-likeness (QED) is 0.537. The van der Waals surface area contributed by atoms with E-state index in [2.05, 4.69) is 20.6 Å². The molecule has 0 atom stereocenters. The molecule has 0 unspecified atom stereocenters. The lowest BCUT2D eigenvalue weighted by Gasteiger charge is -2.22. The van der Waals surface area contributed by atoms with E-state index in [0.717, 1.165) is 41.0 Å². The number of nitrogens with zero attached hydrogens (tertiary/aromatic N) is 1. The number of nitrogens with one attached hydrogen (secondary N) is 3. The van der Waals surface area contributed by atoms with Gasteiger partial charge in [0.15, 0.2) is 0 Å². The third-order valence-electron chi connectivity index (χ3n) is 5.77. The van der Waals surface area contributed by atoms with Crippen LogP contribution >= 0.6 is 0 Å². The molecule has 1 heterocycles. The third-order valence-corrected chi connectivity index (χ3v) is 5.77. The molecular formula is C24H24N4O2. The molecule has 5 rings (SSSR count). The number of benzene rings is 2. The number of amides is 2. The first-order chi connectivity index (χ1) is 14.6. The van der Waals surface area contributed by atoms with Crippen molar-refractivity contribution < 1.29 is 9.59 Å². The Kier molecular flexibility index (Phi) is 4.83. The molecule has 1 aromatic heterocycles. The molecule has 0 spiro atoms. The Morgan fingerprint density at radius 1 is 1.03 bits per heavy atom. The summed E-state index contributed by atoms with van der Waals surface area (Å²) in [5.41, 5.74) is 4.10. The summed E-state index contributed by atoms with van der Waals surface area (Å²) >= 11 is 0. The summed E-state index contributed by atoms with van der Waals surface area (Å²) in [4.78, 5) is 32.4. The number of aromatic amines is 1. The normalized spacial score (nSPS) is 16.5. The molecule has 2 aliphatic carbocycles. The Balaban J connectivity index is 1.20. The zero-order valence-electron chi connectivity index (χ0n) is 16.7. The monoisotopic (exact) mass is 400 g/mol. The van der Waals surface area contributed by atoms with Gasteiger partial charge >= 0.3 is 0 Å². The Bertz CT molecular complexity index is 1120. The first-order valence-electron chi connectivity index (χ1n) is 10.5. The lowest BCUT2D eigenvalue weighted by molar-refractivity contribution is -0.111. The van der Waals surface area contributed by atoms with Crippen LogP contribution in [0.15, 0.2) is 48.5 Å². The van der Waals surface area contributed by atoms with E-state index in [1.54, 1.807) is 18.2 Å². The summed E-state index contributed by atoms with van der Waals surface area (Å²) in [5.74, 6) is 1.35. The highest BCUT2D eigenvalue weighted by Gasteiger charge is 2.24. The van der Waals surface area contributed by atoms with E-state index in [9.17, 15) is 9.59 Å². The molecule has 3 N–H and O–H groups in total. The summed E-state index contributed by atoms with van der Waals surface area (Å²) in [6, 6.07) is 13.3. The smallest absolute Gasteiger partial charge is 0.251 e. The highest BCUT2D eigenvalue weighted by atomic mass is 16.2. The zero-order chi connectivity index (χ0) is 20.5. The Hall–Kier alpha value is -3.41. The van der Waals surface area contributed by atoms with Gasteiger partial charge in [0, 0.05) is 29.3 Å². The van der Waals surface area contributed by atoms with Crippen molar-refractivity contribution in [3.8, 4) is 0 Å². The summed E-state index contributed by atoms with van der Waals surface area (Å²) in [6.07, 6.45) is 9.03. The van der Waals surface area contributed by atoms with E-state index in [1.165, 1.54) is 25.3 Å². The average Bonchev–Trinajstić information content (AvgIpc) is 3.42. The Morgan fingerprint density at radius 2 is 1.83 bits per heavy atom. The van der Waals surface area contributed by atoms with Gasteiger partial charge in [0.2, 0.25) is 5.91 Å². The Labute approximate surface area is 174 Å². The van der Waals surface area contributed by atoms with Gasteiger partial charge in [-0.1, -0.05) is 18.6 Å². The van der Waals surface area contributed by atoms with Crippen LogP contribution in [-0.4, -0.2) is 27.8 Å². The number of rotatable bonds is 6. The standard InChI is InChI=1S/C24H24N4O2/c29-22(13-6-15-4-7-17(8-5-15)24(30)26-18-9-10-18)25-19-11-12-20-21(14-19)28-23(27-20)16-2-1-3-16/h4-8,11-14,16,18H,1-3,9-10H2,(H,25,29)(H,26,30)(H,27,28)/b13-6+. The second-order valence-electron chi connectivity index (χ2n) is 8.17. The molecule has 30 heavy (non-hydrogen) atoms. The molecule has 2 fully saturated rings. The van der Waals surface area contributed by atoms with Crippen molar-refractivity contribution >= 4 is 34.6 Å². The van der Waals surface area contributed by atoms with E-state index in [4.69, 9.17) is 0 Å². The van der Waals surface area contributed by atoms with Crippen molar-refractivity contribution in [3.63, 3.8) is 0 Å². The van der Waals surface area contributed by atoms with Crippen molar-refractivity contribution in [1.82, 2.24) is 15.3 Å². The Morgan fingerprint density at radius 3 is 2.53 bits per heavy atom. The van der Waals surface area contributed by atoms with E-state index < -0.39 is 0 Å². The summed E-state index contributed by atoms with van der Waals surface area (Å²) < 4.78 is 0. The predicted molar refractivity (Wildman–Crippen MR) is 117 cm³/mol. The summed E-state index contributed by atoms with van der Waals surface area (Å²) in [5, 5.41) is 5.86. The molecule has 2 saturated carbocycles. The second-order valence-corrected chi connectivity index (χ2v) is 8.17. The molecule has 6 nitrogen and oxygen atoms in total. The minimum Gasteiger partial charge on any atom is -0.349 e. The van der Waals surface area contributed by atoms with Gasteiger partial charge in [-0.25, -0.2) is 4.98 Å². The van der Waals surface area contributed by atoms with Crippen LogP contribution in [0.4, 0.5) is 5.69 Å². The molecule has 0 saturated heterocycles. The van der Waals surface area contributed by atoms with Gasteiger partial charge < -0.3 is 15.6 Å². The van der Waals surface area contributed by atoms with Crippen LogP contribution < -0.4 is 10.6 Å². The van der Waals surface area contributed by atoms with Crippen LogP contribution in [0.2, 0.25) is 0 Å². The molecule has 2 aliphatic rings. The lowest BCUT2D eigenvalue weighted by Crippen LogP contribution is -2.25. The minimum atomic E-state index is -0.205. The first kappa shape index (κ1) is 18.6. The van der Waals surface area contributed by atoms with Crippen molar-refractivity contribution in [2.45, 2.75) is 44.1 Å². The van der Waals surface area contributed by atoms with Crippen LogP contribution in [0.1, 0.15) is 59.8 Å². The summed E-state index contributed by atoms with van der Waals surface area (Å²) in [7, 11) is 0. The van der Waals surface area contributed by atoms with Gasteiger partial charge in [0.05, 0.1) is 11.0 Å². The van der Waals surface area contributed by atoms with Gasteiger partial charge in [-0.2, -0.15) is 0 Å². The van der Waals surface area contributed by atoms with Crippen LogP contribution in [0.25, 0.3) is 17.1 Å². The number of H-pyrrole nitrogens is 1. The van der Waals surface area contributed by atoms with Crippen molar-refractivity contribution in [1.29, 1.82) is 0 Å². The number of carbonyl (C=O) groups excluding carboxylic acids is 2. The van der Waals surface area contributed by atoms with Crippen molar-refractivity contribution in [2.24, 2.45) is 0 Å². The minimum absolute atomic E-state index is 0.0413. The molecule has 0 bridgehead atoms. The molecule has 0 aliphatic heterocycles. The largest absolute Gasteiger partial charge is 0.349 e. The number of hydrogen-bond donors (Lipinski definition) is 3. The van der Waals surface area contributed by atoms with Crippen LogP contribution in [0.3, 0.4) is 0 Å². The molecule has 0 radical (unpaired) electrons. The molecule has 152 valence electrons. The van der Waals surface area contributed by atoms with E-state index >= 15 is 0 Å². The molecule has 6 heteroatoms. The van der Waals surface area contributed by atoms with E-state index in [1.807, 2.05) is 30.3 Å². The number of aromatic nitrogens is 2. The van der Waals surface area contributed by atoms with Gasteiger partial charge in [0.25, 0.3) is 5.91 Å². The fourth-order valence-electron chi connectivity index (χ4n) is 3.58. The average molecular weight is 400 g/mol. The van der Waals surface area contributed by atoms with Crippen LogP contribution in [-0.2, 0) is 4.79 Å². The van der Waals surface area contributed by atoms with Crippen molar-refractivity contribution in [3.05, 3.63) is 65.5 Å². The van der Waals surface area contributed by atoms with E-state index in [-0.39, 0.29) is 11.8 Å². The summed E-state index contributed by atoms with van der Waals surface area (Å²) in [6.45, 7) is 0. The number of carbonyl (C=O) groups is 2. The maximum Gasteiger partial charge on any atom is 0.251 e. The SMILES string of the molecule is O=C(/C=C/c1ccc(C(=O)NC2CC2)cc1)Nc1ccc2nc(C3CCC3)[nH]c2c1. The van der Waals surface area contributed by atoms with Crippen molar-refractivity contribution in [2.75, 3.05) is 5.32 Å². The third kappa shape index (κ3) is 4.13. The van der Waals surface area contributed by atoms with Gasteiger partial charge in [-0.3, -0.25) is 9.59 Å². The lowest BCUT2D eigenvalue weighted by atomic mass is 9.85. The fraction of sp³-hybridized carbons (Fsp3) is 0.292. The number of imidazole rings is 1. The second kappa shape index (κ2) is 7.78. The molecular weight excluding hydrogens is 376 g/mol. The first-order valence-corrected chi connectivity index (χ1v) is 10.5. The maximum absolute atomic E-state index is 12.3.